The van der Waals surface area contributed by atoms with Crippen LogP contribution >= 0.6 is 23.2 Å². The molecule has 0 aliphatic heterocycles. The van der Waals surface area contributed by atoms with Gasteiger partial charge in [-0.15, -0.1) is 0 Å². The number of amides is 2. The number of hydrogen-bond donors (Lipinski definition) is 2. The van der Waals surface area contributed by atoms with Gasteiger partial charge >= 0.3 is 0 Å². The van der Waals surface area contributed by atoms with Crippen LogP contribution in [0, 0.1) is 0 Å². The first-order valence-corrected chi connectivity index (χ1v) is 8.79. The van der Waals surface area contributed by atoms with Gasteiger partial charge < -0.3 is 10.6 Å². The molecule has 0 heterocycles. The van der Waals surface area contributed by atoms with Crippen LogP contribution in [-0.2, 0) is 6.54 Å². The monoisotopic (exact) mass is 378 g/mol. The Kier molecular flexibility index (Phi) is 6.85. The van der Waals surface area contributed by atoms with E-state index < -0.39 is 0 Å². The lowest BCUT2D eigenvalue weighted by molar-refractivity contribution is 0.0936. The van der Waals surface area contributed by atoms with Crippen LogP contribution in [0.3, 0.4) is 0 Å². The highest BCUT2D eigenvalue weighted by atomic mass is 35.5. The highest BCUT2D eigenvalue weighted by molar-refractivity contribution is 6.36. The van der Waals surface area contributed by atoms with Gasteiger partial charge in [-0.25, -0.2) is 0 Å². The topological polar surface area (TPSA) is 58.2 Å². The molecule has 2 N–H and O–H groups in total. The minimum absolute atomic E-state index is 0.114. The van der Waals surface area contributed by atoms with Crippen LogP contribution in [0.2, 0.25) is 10.0 Å². The fourth-order valence-corrected chi connectivity index (χ4v) is 2.68. The summed E-state index contributed by atoms with van der Waals surface area (Å²) in [5.41, 5.74) is 1.75. The molecule has 2 aromatic carbocycles. The molecule has 25 heavy (non-hydrogen) atoms. The maximum absolute atomic E-state index is 12.2. The molecule has 0 saturated heterocycles. The van der Waals surface area contributed by atoms with E-state index in [9.17, 15) is 9.59 Å². The molecule has 0 saturated carbocycles. The predicted octanol–water partition coefficient (Wildman–Crippen LogP) is 4.45. The number of rotatable bonds is 6. The average molecular weight is 379 g/mol. The zero-order chi connectivity index (χ0) is 18.4. The summed E-state index contributed by atoms with van der Waals surface area (Å²) in [6, 6.07) is 12.0. The molecule has 6 heteroatoms. The predicted molar refractivity (Wildman–Crippen MR) is 101 cm³/mol. The van der Waals surface area contributed by atoms with Crippen LogP contribution in [0.15, 0.2) is 42.5 Å². The van der Waals surface area contributed by atoms with Crippen molar-refractivity contribution in [2.75, 3.05) is 0 Å². The van der Waals surface area contributed by atoms with Gasteiger partial charge in [-0.05, 0) is 49.2 Å². The standard InChI is InChI=1S/C19H20Cl2N2O2/c1-3-12(2)23-18(24)14-6-4-5-13(9-14)11-22-19(25)16-8-7-15(20)10-17(16)21/h4-10,12H,3,11H2,1-2H3,(H,22,25)(H,23,24). The largest absolute Gasteiger partial charge is 0.350 e. The van der Waals surface area contributed by atoms with Crippen molar-refractivity contribution < 1.29 is 9.59 Å². The molecule has 2 rings (SSSR count). The summed E-state index contributed by atoms with van der Waals surface area (Å²) in [4.78, 5) is 24.4. The summed E-state index contributed by atoms with van der Waals surface area (Å²) < 4.78 is 0. The Morgan fingerprint density at radius 3 is 2.52 bits per heavy atom. The van der Waals surface area contributed by atoms with Crippen molar-refractivity contribution in [3.8, 4) is 0 Å². The van der Waals surface area contributed by atoms with Crippen molar-refractivity contribution in [1.82, 2.24) is 10.6 Å². The van der Waals surface area contributed by atoms with E-state index in [1.54, 1.807) is 30.3 Å². The third-order valence-corrected chi connectivity index (χ3v) is 4.36. The van der Waals surface area contributed by atoms with Crippen LogP contribution in [0.5, 0.6) is 0 Å². The van der Waals surface area contributed by atoms with E-state index in [1.807, 2.05) is 19.9 Å². The fraction of sp³-hybridized carbons (Fsp3) is 0.263. The van der Waals surface area contributed by atoms with Crippen LogP contribution < -0.4 is 10.6 Å². The Balaban J connectivity index is 2.02. The molecule has 4 nitrogen and oxygen atoms in total. The Labute approximate surface area is 157 Å². The van der Waals surface area contributed by atoms with Gasteiger partial charge in [0.2, 0.25) is 0 Å². The van der Waals surface area contributed by atoms with Crippen molar-refractivity contribution in [2.45, 2.75) is 32.9 Å². The zero-order valence-electron chi connectivity index (χ0n) is 14.1. The summed E-state index contributed by atoms with van der Waals surface area (Å²) >= 11 is 11.9. The molecule has 0 fully saturated rings. The first kappa shape index (κ1) is 19.3. The van der Waals surface area contributed by atoms with Gasteiger partial charge in [-0.1, -0.05) is 42.3 Å². The highest BCUT2D eigenvalue weighted by Crippen LogP contribution is 2.21. The van der Waals surface area contributed by atoms with Gasteiger partial charge in [0, 0.05) is 23.2 Å². The lowest BCUT2D eigenvalue weighted by atomic mass is 10.1. The second-order valence-corrected chi connectivity index (χ2v) is 6.63. The van der Waals surface area contributed by atoms with Crippen LogP contribution in [0.1, 0.15) is 46.5 Å². The average Bonchev–Trinajstić information content (AvgIpc) is 2.59. The maximum atomic E-state index is 12.2. The van der Waals surface area contributed by atoms with Crippen LogP contribution in [0.25, 0.3) is 0 Å². The van der Waals surface area contributed by atoms with E-state index in [2.05, 4.69) is 10.6 Å². The van der Waals surface area contributed by atoms with E-state index in [-0.39, 0.29) is 17.9 Å². The molecular formula is C19H20Cl2N2O2. The molecule has 0 bridgehead atoms. The summed E-state index contributed by atoms with van der Waals surface area (Å²) in [5.74, 6) is -0.417. The fourth-order valence-electron chi connectivity index (χ4n) is 2.18. The molecule has 0 aliphatic carbocycles. The third kappa shape index (κ3) is 5.48. The van der Waals surface area contributed by atoms with E-state index in [4.69, 9.17) is 23.2 Å². The first-order valence-electron chi connectivity index (χ1n) is 8.03. The van der Waals surface area contributed by atoms with Crippen LogP contribution in [-0.4, -0.2) is 17.9 Å². The number of halogens is 2. The third-order valence-electron chi connectivity index (χ3n) is 3.81. The van der Waals surface area contributed by atoms with Crippen molar-refractivity contribution >= 4 is 35.0 Å². The smallest absolute Gasteiger partial charge is 0.253 e. The number of benzene rings is 2. The van der Waals surface area contributed by atoms with E-state index in [1.165, 1.54) is 6.07 Å². The van der Waals surface area contributed by atoms with E-state index >= 15 is 0 Å². The molecule has 0 aliphatic rings. The Bertz CT molecular complexity index is 778. The van der Waals surface area contributed by atoms with Crippen molar-refractivity contribution in [2.24, 2.45) is 0 Å². The summed E-state index contributed by atoms with van der Waals surface area (Å²) in [6.45, 7) is 4.26. The first-order chi connectivity index (χ1) is 11.9. The van der Waals surface area contributed by atoms with Crippen molar-refractivity contribution in [3.05, 3.63) is 69.2 Å². The van der Waals surface area contributed by atoms with Gasteiger partial charge in [-0.2, -0.15) is 0 Å². The molecular weight excluding hydrogens is 359 g/mol. The van der Waals surface area contributed by atoms with Gasteiger partial charge in [0.05, 0.1) is 10.6 Å². The van der Waals surface area contributed by atoms with Gasteiger partial charge in [0.15, 0.2) is 0 Å². The number of nitrogens with one attached hydrogen (secondary N) is 2. The lowest BCUT2D eigenvalue weighted by Gasteiger charge is -2.12. The molecule has 1 atom stereocenters. The van der Waals surface area contributed by atoms with Crippen molar-refractivity contribution in [3.63, 3.8) is 0 Å². The maximum Gasteiger partial charge on any atom is 0.253 e. The molecule has 0 aromatic heterocycles. The molecule has 0 radical (unpaired) electrons. The van der Waals surface area contributed by atoms with Crippen molar-refractivity contribution in [1.29, 1.82) is 0 Å². The number of carbonyl (C=O) groups excluding carboxylic acids is 2. The molecule has 132 valence electrons. The zero-order valence-corrected chi connectivity index (χ0v) is 15.6. The highest BCUT2D eigenvalue weighted by Gasteiger charge is 2.12. The second kappa shape index (κ2) is 8.88. The summed E-state index contributed by atoms with van der Waals surface area (Å²) in [7, 11) is 0. The van der Waals surface area contributed by atoms with Gasteiger partial charge in [0.1, 0.15) is 0 Å². The molecule has 2 aromatic rings. The SMILES string of the molecule is CCC(C)NC(=O)c1cccc(CNC(=O)c2ccc(Cl)cc2Cl)c1. The number of carbonyl (C=O) groups is 2. The minimum Gasteiger partial charge on any atom is -0.350 e. The molecule has 2 amide bonds. The van der Waals surface area contributed by atoms with E-state index in [0.717, 1.165) is 12.0 Å². The summed E-state index contributed by atoms with van der Waals surface area (Å²) in [6.07, 6.45) is 0.864. The minimum atomic E-state index is -0.295. The molecule has 1 unspecified atom stereocenters. The van der Waals surface area contributed by atoms with E-state index in [0.29, 0.717) is 27.7 Å². The lowest BCUT2D eigenvalue weighted by Crippen LogP contribution is -2.32. The second-order valence-electron chi connectivity index (χ2n) is 5.79. The Hall–Kier alpha value is -2.04. The Morgan fingerprint density at radius 2 is 1.84 bits per heavy atom. The van der Waals surface area contributed by atoms with Crippen LogP contribution in [0.4, 0.5) is 0 Å². The molecule has 0 spiro atoms. The Morgan fingerprint density at radius 1 is 1.08 bits per heavy atom. The normalized spacial score (nSPS) is 11.7. The van der Waals surface area contributed by atoms with Gasteiger partial charge in [-0.3, -0.25) is 9.59 Å². The van der Waals surface area contributed by atoms with Gasteiger partial charge in [0.25, 0.3) is 11.8 Å². The quantitative estimate of drug-likeness (QED) is 0.779. The summed E-state index contributed by atoms with van der Waals surface area (Å²) in [5, 5.41) is 6.49. The number of hydrogen-bond acceptors (Lipinski definition) is 2.